The number of hydrogen-bond acceptors (Lipinski definition) is 8. The normalized spacial score (nSPS) is 16.9. The monoisotopic (exact) mass is 428 g/mol. The van der Waals surface area contributed by atoms with Crippen LogP contribution in [0.15, 0.2) is 36.4 Å². The maximum absolute atomic E-state index is 12.9. The van der Waals surface area contributed by atoms with Gasteiger partial charge in [-0.1, -0.05) is 12.1 Å². The second-order valence-corrected chi connectivity index (χ2v) is 6.61. The zero-order valence-electron chi connectivity index (χ0n) is 18.0. The summed E-state index contributed by atoms with van der Waals surface area (Å²) in [7, 11) is 7.19. The van der Waals surface area contributed by atoms with E-state index in [1.54, 1.807) is 43.5 Å². The Balaban J connectivity index is 2.16. The maximum atomic E-state index is 12.9. The molecule has 0 fully saturated rings. The molecule has 0 unspecified atom stereocenters. The summed E-state index contributed by atoms with van der Waals surface area (Å²) < 4.78 is 32.1. The van der Waals surface area contributed by atoms with Crippen LogP contribution in [-0.4, -0.2) is 47.5 Å². The van der Waals surface area contributed by atoms with Gasteiger partial charge < -0.3 is 28.4 Å². The first kappa shape index (κ1) is 22.0. The third-order valence-corrected chi connectivity index (χ3v) is 5.06. The molecule has 8 heteroatoms. The number of fused-ring (bicyclic) bond motifs is 1. The highest BCUT2D eigenvalue weighted by Gasteiger charge is 2.44. The van der Waals surface area contributed by atoms with Gasteiger partial charge in [0.2, 0.25) is 0 Å². The van der Waals surface area contributed by atoms with E-state index < -0.39 is 24.0 Å². The van der Waals surface area contributed by atoms with Crippen LogP contribution in [0.25, 0.3) is 6.08 Å². The molecule has 31 heavy (non-hydrogen) atoms. The van der Waals surface area contributed by atoms with Crippen molar-refractivity contribution in [2.75, 3.05) is 35.5 Å². The Kier molecular flexibility index (Phi) is 6.69. The van der Waals surface area contributed by atoms with Gasteiger partial charge in [0.15, 0.2) is 23.0 Å². The maximum Gasteiger partial charge on any atom is 0.330 e. The minimum atomic E-state index is -0.800. The highest BCUT2D eigenvalue weighted by atomic mass is 16.5. The first-order chi connectivity index (χ1) is 15.0. The number of carbonyl (C=O) groups is 2. The van der Waals surface area contributed by atoms with Crippen molar-refractivity contribution in [1.82, 2.24) is 0 Å². The van der Waals surface area contributed by atoms with Crippen molar-refractivity contribution in [3.8, 4) is 23.0 Å². The van der Waals surface area contributed by atoms with Crippen LogP contribution >= 0.6 is 0 Å². The summed E-state index contributed by atoms with van der Waals surface area (Å²) >= 11 is 0. The molecule has 2 atom stereocenters. The second kappa shape index (κ2) is 9.42. The van der Waals surface area contributed by atoms with Crippen molar-refractivity contribution >= 4 is 18.0 Å². The van der Waals surface area contributed by atoms with E-state index in [0.717, 1.165) is 0 Å². The van der Waals surface area contributed by atoms with E-state index in [4.69, 9.17) is 23.7 Å². The van der Waals surface area contributed by atoms with Crippen LogP contribution in [0, 0.1) is 0 Å². The van der Waals surface area contributed by atoms with E-state index >= 15 is 0 Å². The van der Waals surface area contributed by atoms with E-state index in [9.17, 15) is 9.59 Å². The van der Waals surface area contributed by atoms with E-state index in [-0.39, 0.29) is 0 Å². The molecule has 164 valence electrons. The SMILES string of the molecule is COC(=O)/C=C/c1ccc(OC)c2c1[C@@H](C(=O)OC)[C@H](c1ccc(OC)c(OC)c1)O2. The molecule has 0 aliphatic carbocycles. The molecule has 8 nitrogen and oxygen atoms in total. The molecular weight excluding hydrogens is 404 g/mol. The predicted molar refractivity (Wildman–Crippen MR) is 112 cm³/mol. The van der Waals surface area contributed by atoms with Gasteiger partial charge in [0, 0.05) is 11.6 Å². The number of benzene rings is 2. The first-order valence-electron chi connectivity index (χ1n) is 9.42. The topological polar surface area (TPSA) is 89.5 Å². The van der Waals surface area contributed by atoms with Crippen LogP contribution in [0.5, 0.6) is 23.0 Å². The fourth-order valence-electron chi connectivity index (χ4n) is 3.57. The fourth-order valence-corrected chi connectivity index (χ4v) is 3.57. The molecule has 0 saturated heterocycles. The summed E-state index contributed by atoms with van der Waals surface area (Å²) in [5, 5.41) is 0. The number of carbonyl (C=O) groups excluding carboxylic acids is 2. The van der Waals surface area contributed by atoms with Crippen LogP contribution in [0.2, 0.25) is 0 Å². The molecule has 1 aliphatic rings. The Bertz CT molecular complexity index is 1010. The lowest BCUT2D eigenvalue weighted by atomic mass is 9.87. The molecule has 0 bridgehead atoms. The van der Waals surface area contributed by atoms with Gasteiger partial charge in [-0.2, -0.15) is 0 Å². The van der Waals surface area contributed by atoms with E-state index in [2.05, 4.69) is 4.74 Å². The minimum Gasteiger partial charge on any atom is -0.493 e. The summed E-state index contributed by atoms with van der Waals surface area (Å²) in [5.41, 5.74) is 1.86. The largest absolute Gasteiger partial charge is 0.493 e. The molecule has 1 aliphatic heterocycles. The van der Waals surface area contributed by atoms with Crippen molar-refractivity contribution in [3.05, 3.63) is 53.1 Å². The van der Waals surface area contributed by atoms with Crippen molar-refractivity contribution < 1.29 is 38.0 Å². The van der Waals surface area contributed by atoms with Crippen molar-refractivity contribution in [1.29, 1.82) is 0 Å². The molecule has 1 heterocycles. The molecule has 0 radical (unpaired) electrons. The Morgan fingerprint density at radius 2 is 1.55 bits per heavy atom. The quantitative estimate of drug-likeness (QED) is 0.490. The van der Waals surface area contributed by atoms with Gasteiger partial charge in [0.25, 0.3) is 0 Å². The Hall–Kier alpha value is -3.68. The third kappa shape index (κ3) is 4.14. The molecule has 2 aromatic rings. The Morgan fingerprint density at radius 1 is 0.871 bits per heavy atom. The zero-order valence-corrected chi connectivity index (χ0v) is 18.0. The number of rotatable bonds is 7. The van der Waals surface area contributed by atoms with Crippen molar-refractivity contribution in [2.45, 2.75) is 12.0 Å². The summed E-state index contributed by atoms with van der Waals surface area (Å²) in [5.74, 6) is 0.114. The Morgan fingerprint density at radius 3 is 2.16 bits per heavy atom. The summed E-state index contributed by atoms with van der Waals surface area (Å²) in [6.07, 6.45) is 2.14. The summed E-state index contributed by atoms with van der Waals surface area (Å²) in [4.78, 5) is 24.5. The van der Waals surface area contributed by atoms with Gasteiger partial charge in [-0.05, 0) is 35.4 Å². The van der Waals surface area contributed by atoms with Crippen LogP contribution in [0.4, 0.5) is 0 Å². The van der Waals surface area contributed by atoms with Crippen molar-refractivity contribution in [3.63, 3.8) is 0 Å². The third-order valence-electron chi connectivity index (χ3n) is 5.06. The molecule has 3 rings (SSSR count). The number of ether oxygens (including phenoxy) is 6. The van der Waals surface area contributed by atoms with Crippen LogP contribution in [0.1, 0.15) is 28.7 Å². The average Bonchev–Trinajstić information content (AvgIpc) is 3.22. The number of hydrogen-bond donors (Lipinski definition) is 0. The minimum absolute atomic E-state index is 0.407. The standard InChI is InChI=1S/C23H24O8/c1-26-15-9-7-14(12-17(15)28-3)21-20(23(25)30-5)19-13(8-11-18(24)29-4)6-10-16(27-2)22(19)31-21/h6-12,20-21H,1-5H3/b11-8+/t20-,21+/m1/s1. The molecule has 0 saturated carbocycles. The molecule has 0 amide bonds. The lowest BCUT2D eigenvalue weighted by Crippen LogP contribution is -2.20. The smallest absolute Gasteiger partial charge is 0.330 e. The highest BCUT2D eigenvalue weighted by molar-refractivity contribution is 5.90. The van der Waals surface area contributed by atoms with Gasteiger partial charge in [-0.25, -0.2) is 4.79 Å². The molecule has 0 aromatic heterocycles. The van der Waals surface area contributed by atoms with Crippen LogP contribution < -0.4 is 18.9 Å². The summed E-state index contributed by atoms with van der Waals surface area (Å²) in [6, 6.07) is 8.74. The molecule has 0 N–H and O–H groups in total. The molecule has 0 spiro atoms. The van der Waals surface area contributed by atoms with Crippen LogP contribution in [-0.2, 0) is 19.1 Å². The zero-order chi connectivity index (χ0) is 22.5. The Labute approximate surface area is 180 Å². The predicted octanol–water partition coefficient (Wildman–Crippen LogP) is 3.29. The van der Waals surface area contributed by atoms with E-state index in [1.165, 1.54) is 34.5 Å². The first-order valence-corrected chi connectivity index (χ1v) is 9.42. The van der Waals surface area contributed by atoms with Crippen LogP contribution in [0.3, 0.4) is 0 Å². The second-order valence-electron chi connectivity index (χ2n) is 6.61. The molecule has 2 aromatic carbocycles. The summed E-state index contributed by atoms with van der Waals surface area (Å²) in [6.45, 7) is 0. The lowest BCUT2D eigenvalue weighted by Gasteiger charge is -2.19. The van der Waals surface area contributed by atoms with E-state index in [0.29, 0.717) is 39.7 Å². The lowest BCUT2D eigenvalue weighted by molar-refractivity contribution is -0.144. The number of esters is 2. The van der Waals surface area contributed by atoms with E-state index in [1.807, 2.05) is 0 Å². The van der Waals surface area contributed by atoms with Crippen molar-refractivity contribution in [2.24, 2.45) is 0 Å². The van der Waals surface area contributed by atoms with Gasteiger partial charge in [0.1, 0.15) is 12.0 Å². The van der Waals surface area contributed by atoms with Gasteiger partial charge in [-0.15, -0.1) is 0 Å². The molecular formula is C23H24O8. The average molecular weight is 428 g/mol. The number of methoxy groups -OCH3 is 5. The van der Waals surface area contributed by atoms with Gasteiger partial charge in [-0.3, -0.25) is 4.79 Å². The van der Waals surface area contributed by atoms with Gasteiger partial charge >= 0.3 is 11.9 Å². The fraction of sp³-hybridized carbons (Fsp3) is 0.304. The van der Waals surface area contributed by atoms with Gasteiger partial charge in [0.05, 0.1) is 35.5 Å². The highest BCUT2D eigenvalue weighted by Crippen LogP contribution is 2.53.